The number of hydrogen-bond acceptors (Lipinski definition) is 11. The van der Waals surface area contributed by atoms with Crippen molar-refractivity contribution in [3.8, 4) is 0 Å². The number of carbonyl (C=O) groups is 3. The van der Waals surface area contributed by atoms with Gasteiger partial charge < -0.3 is 21.0 Å². The standard InChI is InChI=1S/C20H18F2N6O7S3/c1-38(33,34)10-2-4-27(5-3-10)6-9-7-36-17-13(16(30)28(17)14(9)18(31)32)25-15(29)12(26-35-19(21)22)11-8-37-20(23)24-11/h2-5,8,13,17,19H,6-7H2,1H3,(H3-,23,24,25,29,31,32)/p+1/b26-12+/t13?,17-/m1/s1. The summed E-state index contributed by atoms with van der Waals surface area (Å²) in [5, 5.41) is 15.9. The van der Waals surface area contributed by atoms with Gasteiger partial charge in [0.2, 0.25) is 0 Å². The van der Waals surface area contributed by atoms with E-state index < -0.39 is 51.4 Å². The van der Waals surface area contributed by atoms with Crippen LogP contribution in [0.1, 0.15) is 5.69 Å². The smallest absolute Gasteiger partial charge is 0.407 e. The third-order valence-electron chi connectivity index (χ3n) is 5.40. The second kappa shape index (κ2) is 10.6. The molecule has 202 valence electrons. The van der Waals surface area contributed by atoms with Gasteiger partial charge in [0.25, 0.3) is 11.8 Å². The zero-order valence-electron chi connectivity index (χ0n) is 19.3. The van der Waals surface area contributed by atoms with Gasteiger partial charge in [0.05, 0.1) is 4.90 Å². The van der Waals surface area contributed by atoms with Crippen LogP contribution in [0.5, 0.6) is 0 Å². The van der Waals surface area contributed by atoms with E-state index in [1.165, 1.54) is 41.7 Å². The Morgan fingerprint density at radius 2 is 2.08 bits per heavy atom. The number of aromatic nitrogens is 2. The molecule has 2 aliphatic heterocycles. The summed E-state index contributed by atoms with van der Waals surface area (Å²) >= 11 is 2.12. The van der Waals surface area contributed by atoms with Crippen LogP contribution in [0, 0.1) is 0 Å². The number of hydrogen-bond donors (Lipinski definition) is 3. The SMILES string of the molecule is CS(=O)(=O)c1cc[n+](CC2=C(C(=O)O)N3C(=O)C(NC(=O)/C(=N/OC(F)F)c4csc(N)n4)[C@H]3SC2)cc1. The van der Waals surface area contributed by atoms with Crippen LogP contribution in [0.15, 0.2) is 51.2 Å². The molecule has 18 heteroatoms. The van der Waals surface area contributed by atoms with E-state index in [2.05, 4.69) is 20.3 Å². The van der Waals surface area contributed by atoms with Crippen LogP contribution in [-0.2, 0) is 35.6 Å². The number of carbonyl (C=O) groups excluding carboxylic acids is 2. The number of carboxylic acid groups (broad SMARTS) is 1. The minimum Gasteiger partial charge on any atom is -0.477 e. The molecule has 2 aromatic rings. The predicted molar refractivity (Wildman–Crippen MR) is 130 cm³/mol. The first-order chi connectivity index (χ1) is 17.9. The molecule has 0 radical (unpaired) electrons. The quantitative estimate of drug-likeness (QED) is 0.153. The number of amides is 2. The predicted octanol–water partition coefficient (Wildman–Crippen LogP) is -0.202. The normalized spacial score (nSPS) is 19.7. The summed E-state index contributed by atoms with van der Waals surface area (Å²) in [7, 11) is -3.41. The van der Waals surface area contributed by atoms with E-state index in [9.17, 15) is 36.7 Å². The second-order valence-corrected chi connectivity index (χ2v) is 12.0. The summed E-state index contributed by atoms with van der Waals surface area (Å²) in [6.07, 6.45) is 4.02. The van der Waals surface area contributed by atoms with Crippen LogP contribution in [0.2, 0.25) is 0 Å². The highest BCUT2D eigenvalue weighted by Gasteiger charge is 2.54. The van der Waals surface area contributed by atoms with Crippen molar-refractivity contribution in [1.29, 1.82) is 0 Å². The fourth-order valence-electron chi connectivity index (χ4n) is 3.72. The number of alkyl halides is 2. The van der Waals surface area contributed by atoms with Crippen LogP contribution in [-0.4, -0.2) is 76.9 Å². The van der Waals surface area contributed by atoms with Crippen LogP contribution in [0.25, 0.3) is 0 Å². The van der Waals surface area contributed by atoms with Gasteiger partial charge in [-0.25, -0.2) is 22.8 Å². The monoisotopic (exact) mass is 589 g/mol. The Morgan fingerprint density at radius 1 is 1.39 bits per heavy atom. The van der Waals surface area contributed by atoms with Gasteiger partial charge in [-0.3, -0.25) is 14.5 Å². The lowest BCUT2D eigenvalue weighted by molar-refractivity contribution is -0.689. The second-order valence-electron chi connectivity index (χ2n) is 7.97. The Balaban J connectivity index is 1.53. The molecule has 1 fully saturated rings. The summed E-state index contributed by atoms with van der Waals surface area (Å²) in [5.41, 5.74) is 4.90. The number of nitrogen functional groups attached to an aromatic ring is 1. The molecule has 2 amide bonds. The highest BCUT2D eigenvalue weighted by atomic mass is 32.2. The molecule has 4 N–H and O–H groups in total. The number of halogens is 2. The maximum absolute atomic E-state index is 12.9. The van der Waals surface area contributed by atoms with Crippen LogP contribution < -0.4 is 15.6 Å². The molecule has 0 aromatic carbocycles. The zero-order valence-corrected chi connectivity index (χ0v) is 21.7. The number of nitrogens with one attached hydrogen (secondary N) is 1. The number of nitrogens with two attached hydrogens (primary N) is 1. The maximum Gasteiger partial charge on any atom is 0.407 e. The van der Waals surface area contributed by atoms with Crippen molar-refractivity contribution in [1.82, 2.24) is 15.2 Å². The number of sulfone groups is 1. The van der Waals surface area contributed by atoms with Crippen LogP contribution in [0.3, 0.4) is 0 Å². The summed E-state index contributed by atoms with van der Waals surface area (Å²) in [6, 6.07) is 1.59. The third kappa shape index (κ3) is 5.60. The fourth-order valence-corrected chi connectivity index (χ4v) is 6.22. The Kier molecular flexibility index (Phi) is 7.65. The van der Waals surface area contributed by atoms with Gasteiger partial charge in [0.1, 0.15) is 22.8 Å². The number of β-lactam (4-membered cyclic amide) rings is 1. The first kappa shape index (κ1) is 27.4. The number of thioether (sulfide) groups is 1. The lowest BCUT2D eigenvalue weighted by Gasteiger charge is -2.49. The first-order valence-electron chi connectivity index (χ1n) is 10.5. The van der Waals surface area contributed by atoms with Crippen LogP contribution in [0.4, 0.5) is 13.9 Å². The number of thiazole rings is 1. The van der Waals surface area contributed by atoms with E-state index in [4.69, 9.17) is 5.73 Å². The zero-order chi connectivity index (χ0) is 27.8. The van der Waals surface area contributed by atoms with E-state index >= 15 is 0 Å². The number of anilines is 1. The number of pyridine rings is 1. The molecule has 13 nitrogen and oxygen atoms in total. The number of nitrogens with zero attached hydrogens (tertiary/aromatic N) is 4. The number of oxime groups is 1. The Hall–Kier alpha value is -3.64. The molecule has 2 aliphatic rings. The lowest BCUT2D eigenvalue weighted by atomic mass is 10.0. The summed E-state index contributed by atoms with van der Waals surface area (Å²) in [5.74, 6) is -2.94. The first-order valence-corrected chi connectivity index (χ1v) is 14.3. The minimum atomic E-state index is -3.41. The van der Waals surface area contributed by atoms with Crippen molar-refractivity contribution < 1.29 is 46.1 Å². The van der Waals surface area contributed by atoms with E-state index in [0.29, 0.717) is 5.57 Å². The van der Waals surface area contributed by atoms with E-state index in [0.717, 1.165) is 22.5 Å². The number of carboxylic acids is 1. The number of fused-ring (bicyclic) bond motifs is 1. The molecule has 4 rings (SSSR count). The van der Waals surface area contributed by atoms with E-state index in [-0.39, 0.29) is 33.7 Å². The third-order valence-corrected chi connectivity index (χ3v) is 8.54. The number of rotatable bonds is 9. The highest BCUT2D eigenvalue weighted by Crippen LogP contribution is 2.40. The summed E-state index contributed by atoms with van der Waals surface area (Å²) in [4.78, 5) is 46.7. The molecule has 38 heavy (non-hydrogen) atoms. The van der Waals surface area contributed by atoms with Crippen molar-refractivity contribution in [3.63, 3.8) is 0 Å². The van der Waals surface area contributed by atoms with Gasteiger partial charge in [0.15, 0.2) is 39.6 Å². The molecular weight excluding hydrogens is 570 g/mol. The molecule has 1 unspecified atom stereocenters. The molecule has 2 atom stereocenters. The van der Waals surface area contributed by atoms with Crippen molar-refractivity contribution in [2.75, 3.05) is 17.7 Å². The van der Waals surface area contributed by atoms with Crippen LogP contribution >= 0.6 is 23.1 Å². The molecule has 0 aliphatic carbocycles. The van der Waals surface area contributed by atoms with Gasteiger partial charge in [-0.1, -0.05) is 5.16 Å². The lowest BCUT2D eigenvalue weighted by Crippen LogP contribution is -2.71. The molecule has 1 saturated heterocycles. The Bertz CT molecular complexity index is 1460. The van der Waals surface area contributed by atoms with Gasteiger partial charge >= 0.3 is 12.6 Å². The van der Waals surface area contributed by atoms with Crippen molar-refractivity contribution in [2.45, 2.75) is 29.5 Å². The average Bonchev–Trinajstić information content (AvgIpc) is 3.27. The van der Waals surface area contributed by atoms with Gasteiger partial charge in [-0.05, 0) is 0 Å². The van der Waals surface area contributed by atoms with Gasteiger partial charge in [0, 0.05) is 35.1 Å². The molecule has 0 bridgehead atoms. The largest absolute Gasteiger partial charge is 0.477 e. The number of aliphatic carboxylic acids is 1. The summed E-state index contributed by atoms with van der Waals surface area (Å²) in [6.45, 7) is -3.25. The molecule has 0 spiro atoms. The Morgan fingerprint density at radius 3 is 2.63 bits per heavy atom. The molecule has 4 heterocycles. The average molecular weight is 590 g/mol. The molecular formula is C20H19F2N6O7S3+. The topological polar surface area (TPSA) is 185 Å². The van der Waals surface area contributed by atoms with Crippen molar-refractivity contribution in [2.24, 2.45) is 5.16 Å². The maximum atomic E-state index is 12.9. The van der Waals surface area contributed by atoms with E-state index in [1.54, 1.807) is 4.57 Å². The van der Waals surface area contributed by atoms with Crippen molar-refractivity contribution >= 4 is 61.6 Å². The van der Waals surface area contributed by atoms with Gasteiger partial charge in [-0.2, -0.15) is 8.78 Å². The molecule has 2 aromatic heterocycles. The Labute approximate surface area is 221 Å². The molecule has 0 saturated carbocycles. The van der Waals surface area contributed by atoms with Crippen molar-refractivity contribution in [3.05, 3.63) is 46.9 Å². The van der Waals surface area contributed by atoms with E-state index in [1.807, 2.05) is 0 Å². The highest BCUT2D eigenvalue weighted by molar-refractivity contribution is 8.00. The minimum absolute atomic E-state index is 0.0406. The van der Waals surface area contributed by atoms with Gasteiger partial charge in [-0.15, -0.1) is 23.1 Å². The fraction of sp³-hybridized carbons (Fsp3) is 0.300. The summed E-state index contributed by atoms with van der Waals surface area (Å²) < 4.78 is 50.0.